The van der Waals surface area contributed by atoms with Crippen molar-refractivity contribution in [2.45, 2.75) is 11.9 Å². The first-order valence-corrected chi connectivity index (χ1v) is 11.1. The monoisotopic (exact) mass is 436 g/mol. The van der Waals surface area contributed by atoms with Crippen molar-refractivity contribution in [2.75, 3.05) is 19.7 Å². The van der Waals surface area contributed by atoms with Crippen LogP contribution in [0.1, 0.15) is 12.5 Å². The van der Waals surface area contributed by atoms with Gasteiger partial charge in [0, 0.05) is 26.3 Å². The lowest BCUT2D eigenvalue weighted by atomic mass is 10.2. The predicted molar refractivity (Wildman–Crippen MR) is 109 cm³/mol. The number of aromatic nitrogens is 2. The number of sulfonamides is 1. The number of hydrogen-bond donors (Lipinski definition) is 1. The number of carbonyl (C=O) groups is 2. The second-order valence-electron chi connectivity index (χ2n) is 6.11. The van der Waals surface area contributed by atoms with E-state index in [-0.39, 0.29) is 23.0 Å². The van der Waals surface area contributed by atoms with Crippen LogP contribution in [0.3, 0.4) is 0 Å². The number of carbonyl (C=O) groups excluding carboxylic acids is 2. The predicted octanol–water partition coefficient (Wildman–Crippen LogP) is 1.83. The van der Waals surface area contributed by atoms with Crippen LogP contribution in [-0.2, 0) is 21.9 Å². The average molecular weight is 437 g/mol. The number of aryl methyl sites for hydroxylation is 1. The van der Waals surface area contributed by atoms with Crippen molar-refractivity contribution < 1.29 is 22.7 Å². The Morgan fingerprint density at radius 1 is 1.24 bits per heavy atom. The van der Waals surface area contributed by atoms with Crippen molar-refractivity contribution in [2.24, 2.45) is 7.05 Å². The molecule has 1 aromatic carbocycles. The first kappa shape index (κ1) is 21.1. The van der Waals surface area contributed by atoms with E-state index in [0.717, 1.165) is 28.0 Å². The highest BCUT2D eigenvalue weighted by atomic mass is 32.2. The molecule has 3 rings (SSSR count). The molecule has 0 spiro atoms. The highest BCUT2D eigenvalue weighted by Crippen LogP contribution is 2.32. The van der Waals surface area contributed by atoms with Gasteiger partial charge in [-0.25, -0.2) is 18.1 Å². The summed E-state index contributed by atoms with van der Waals surface area (Å²) in [6.45, 7) is 2.27. The van der Waals surface area contributed by atoms with Crippen LogP contribution >= 0.6 is 11.8 Å². The fourth-order valence-corrected chi connectivity index (χ4v) is 4.43. The first-order chi connectivity index (χ1) is 13.8. The van der Waals surface area contributed by atoms with E-state index in [4.69, 9.17) is 4.74 Å². The Morgan fingerprint density at radius 2 is 1.97 bits per heavy atom. The molecule has 1 fully saturated rings. The van der Waals surface area contributed by atoms with Crippen LogP contribution in [0.25, 0.3) is 6.08 Å². The summed E-state index contributed by atoms with van der Waals surface area (Å²) in [4.78, 5) is 29.8. The third kappa shape index (κ3) is 5.05. The lowest BCUT2D eigenvalue weighted by Gasteiger charge is -2.12. The van der Waals surface area contributed by atoms with Crippen molar-refractivity contribution >= 4 is 39.0 Å². The summed E-state index contributed by atoms with van der Waals surface area (Å²) < 4.78 is 33.6. The third-order valence-corrected chi connectivity index (χ3v) is 6.20. The van der Waals surface area contributed by atoms with Crippen molar-refractivity contribution in [1.29, 1.82) is 0 Å². The molecule has 1 aliphatic heterocycles. The number of rotatable bonds is 8. The van der Waals surface area contributed by atoms with E-state index in [1.54, 1.807) is 37.4 Å². The van der Waals surface area contributed by atoms with Gasteiger partial charge < -0.3 is 9.30 Å². The van der Waals surface area contributed by atoms with Gasteiger partial charge in [-0.2, -0.15) is 0 Å². The molecular weight excluding hydrogens is 416 g/mol. The molecule has 2 amide bonds. The van der Waals surface area contributed by atoms with Gasteiger partial charge in [-0.05, 0) is 42.5 Å². The molecule has 2 heterocycles. The first-order valence-electron chi connectivity index (χ1n) is 8.76. The largest absolute Gasteiger partial charge is 0.494 e. The fourth-order valence-electron chi connectivity index (χ4n) is 2.56. The summed E-state index contributed by atoms with van der Waals surface area (Å²) in [7, 11) is -2.15. The lowest BCUT2D eigenvalue weighted by Crippen LogP contribution is -2.37. The Labute approximate surface area is 172 Å². The number of imidazole rings is 1. The van der Waals surface area contributed by atoms with Crippen molar-refractivity contribution in [3.63, 3.8) is 0 Å². The molecule has 1 N–H and O–H groups in total. The molecule has 29 heavy (non-hydrogen) atoms. The maximum atomic E-state index is 12.5. The van der Waals surface area contributed by atoms with Crippen LogP contribution in [0, 0.1) is 0 Å². The zero-order valence-electron chi connectivity index (χ0n) is 15.9. The molecule has 0 unspecified atom stereocenters. The van der Waals surface area contributed by atoms with Gasteiger partial charge in [0.05, 0.1) is 17.8 Å². The van der Waals surface area contributed by atoms with Crippen molar-refractivity contribution in [3.8, 4) is 5.75 Å². The number of amides is 2. The molecule has 0 saturated carbocycles. The van der Waals surface area contributed by atoms with E-state index in [9.17, 15) is 18.0 Å². The number of nitrogens with one attached hydrogen (secondary N) is 1. The molecule has 0 bridgehead atoms. The Hall–Kier alpha value is -2.63. The second kappa shape index (κ2) is 8.80. The molecule has 0 radical (unpaired) electrons. The van der Waals surface area contributed by atoms with Gasteiger partial charge in [-0.3, -0.25) is 14.5 Å². The normalized spacial score (nSPS) is 16.1. The highest BCUT2D eigenvalue weighted by molar-refractivity contribution is 8.18. The topological polar surface area (TPSA) is 111 Å². The summed E-state index contributed by atoms with van der Waals surface area (Å²) in [5.74, 6) is 0.267. The molecule has 1 aromatic heterocycles. The van der Waals surface area contributed by atoms with Gasteiger partial charge in [-0.1, -0.05) is 12.1 Å². The maximum Gasteiger partial charge on any atom is 0.293 e. The zero-order chi connectivity index (χ0) is 21.0. The van der Waals surface area contributed by atoms with E-state index < -0.39 is 21.2 Å². The Balaban J connectivity index is 1.61. The van der Waals surface area contributed by atoms with Gasteiger partial charge >= 0.3 is 0 Å². The lowest BCUT2D eigenvalue weighted by molar-refractivity contribution is -0.122. The number of ether oxygens (including phenoxy) is 1. The molecule has 1 saturated heterocycles. The van der Waals surface area contributed by atoms with Crippen LogP contribution in [0.5, 0.6) is 5.75 Å². The van der Waals surface area contributed by atoms with Crippen LogP contribution < -0.4 is 9.46 Å². The smallest absolute Gasteiger partial charge is 0.293 e. The Kier molecular flexibility index (Phi) is 6.40. The Bertz CT molecular complexity index is 1040. The SMILES string of the molecule is CCOc1ccc(/C=C2/SC(=O)N(CCNS(=O)(=O)c3cn(C)cn3)C2=O)cc1. The zero-order valence-corrected chi connectivity index (χ0v) is 17.5. The minimum absolute atomic E-state index is 0.0721. The van der Waals surface area contributed by atoms with Crippen molar-refractivity contribution in [1.82, 2.24) is 19.2 Å². The number of thioether (sulfide) groups is 1. The third-order valence-electron chi connectivity index (χ3n) is 3.95. The van der Waals surface area contributed by atoms with E-state index in [0.29, 0.717) is 6.61 Å². The molecule has 0 atom stereocenters. The van der Waals surface area contributed by atoms with Gasteiger partial charge in [0.2, 0.25) is 0 Å². The van der Waals surface area contributed by atoms with E-state index in [2.05, 4.69) is 9.71 Å². The summed E-state index contributed by atoms with van der Waals surface area (Å²) >= 11 is 0.823. The van der Waals surface area contributed by atoms with Crippen LogP contribution in [0.4, 0.5) is 4.79 Å². The minimum Gasteiger partial charge on any atom is -0.494 e. The number of benzene rings is 1. The average Bonchev–Trinajstić information content (AvgIpc) is 3.23. The molecule has 154 valence electrons. The minimum atomic E-state index is -3.80. The summed E-state index contributed by atoms with van der Waals surface area (Å²) in [5, 5.41) is -0.561. The van der Waals surface area contributed by atoms with Crippen LogP contribution in [0.2, 0.25) is 0 Å². The van der Waals surface area contributed by atoms with Gasteiger partial charge in [-0.15, -0.1) is 0 Å². The maximum absolute atomic E-state index is 12.5. The molecule has 9 nitrogen and oxygen atoms in total. The summed E-state index contributed by atoms with van der Waals surface area (Å²) in [6.07, 6.45) is 4.36. The summed E-state index contributed by atoms with van der Waals surface area (Å²) in [6, 6.07) is 7.15. The van der Waals surface area contributed by atoms with Crippen LogP contribution in [0.15, 0.2) is 46.7 Å². The van der Waals surface area contributed by atoms with Crippen molar-refractivity contribution in [3.05, 3.63) is 47.3 Å². The molecule has 0 aliphatic carbocycles. The Morgan fingerprint density at radius 3 is 2.59 bits per heavy atom. The fraction of sp³-hybridized carbons (Fsp3) is 0.278. The van der Waals surface area contributed by atoms with Crippen LogP contribution in [-0.4, -0.2) is 53.7 Å². The van der Waals surface area contributed by atoms with E-state index >= 15 is 0 Å². The molecular formula is C18H20N4O5S2. The molecule has 1 aliphatic rings. The standard InChI is InChI=1S/C18H20N4O5S2/c1-3-27-14-6-4-13(5-7-14)10-15-17(23)22(18(24)28-15)9-8-20-29(25,26)16-11-21(2)12-19-16/h4-7,10-12,20H,3,8-9H2,1-2H3/b15-10+. The van der Waals surface area contributed by atoms with Gasteiger partial charge in [0.25, 0.3) is 21.2 Å². The summed E-state index contributed by atoms with van der Waals surface area (Å²) in [5.41, 5.74) is 0.759. The number of imide groups is 1. The quantitative estimate of drug-likeness (QED) is 0.629. The van der Waals surface area contributed by atoms with E-state index in [1.807, 2.05) is 6.92 Å². The molecule has 11 heteroatoms. The second-order valence-corrected chi connectivity index (χ2v) is 8.82. The van der Waals surface area contributed by atoms with E-state index in [1.165, 1.54) is 17.1 Å². The van der Waals surface area contributed by atoms with Gasteiger partial charge in [0.1, 0.15) is 5.75 Å². The number of hydrogen-bond acceptors (Lipinski definition) is 7. The molecule has 2 aromatic rings. The van der Waals surface area contributed by atoms with Gasteiger partial charge in [0.15, 0.2) is 5.03 Å². The number of nitrogens with zero attached hydrogens (tertiary/aromatic N) is 3. The highest BCUT2D eigenvalue weighted by Gasteiger charge is 2.34.